The predicted octanol–water partition coefficient (Wildman–Crippen LogP) is 1.83. The van der Waals surface area contributed by atoms with Gasteiger partial charge in [0.05, 0.1) is 0 Å². The van der Waals surface area contributed by atoms with E-state index in [9.17, 15) is 4.79 Å². The number of carbonyl (C=O) groups excluding carboxylic acids is 1. The molecular weight excluding hydrogens is 214 g/mol. The Labute approximate surface area is 102 Å². The summed E-state index contributed by atoms with van der Waals surface area (Å²) in [6, 6.07) is 0. The normalized spacial score (nSPS) is 16.4. The second-order valence-corrected chi connectivity index (χ2v) is 4.54. The van der Waals surface area contributed by atoms with E-state index in [0.717, 1.165) is 36.8 Å². The Morgan fingerprint density at radius 2 is 1.82 bits per heavy atom. The van der Waals surface area contributed by atoms with E-state index in [1.165, 1.54) is 5.56 Å². The number of piperidine rings is 1. The molecule has 0 atom stereocenters. The van der Waals surface area contributed by atoms with Crippen molar-refractivity contribution in [3.8, 4) is 0 Å². The molecule has 0 bridgehead atoms. The van der Waals surface area contributed by atoms with Crippen LogP contribution in [-0.4, -0.2) is 28.8 Å². The minimum absolute atomic E-state index is 0.363. The topological polar surface area (TPSA) is 46.1 Å². The molecule has 0 aliphatic carbocycles. The fraction of sp³-hybridized carbons (Fsp3) is 0.615. The van der Waals surface area contributed by atoms with Crippen LogP contribution in [0, 0.1) is 13.8 Å². The van der Waals surface area contributed by atoms with Gasteiger partial charge in [0.2, 0.25) is 0 Å². The summed E-state index contributed by atoms with van der Waals surface area (Å²) >= 11 is 0. The van der Waals surface area contributed by atoms with Gasteiger partial charge in [0.15, 0.2) is 0 Å². The van der Waals surface area contributed by atoms with Gasteiger partial charge in [0, 0.05) is 37.2 Å². The highest BCUT2D eigenvalue weighted by atomic mass is 16.1. The molecule has 1 saturated heterocycles. The summed E-state index contributed by atoms with van der Waals surface area (Å²) in [6.45, 7) is 7.67. The summed E-state index contributed by atoms with van der Waals surface area (Å²) in [5.74, 6) is 2.21. The van der Waals surface area contributed by atoms with Gasteiger partial charge in [-0.2, -0.15) is 0 Å². The first kappa shape index (κ1) is 12.0. The van der Waals surface area contributed by atoms with Crippen molar-refractivity contribution in [1.29, 1.82) is 0 Å². The van der Waals surface area contributed by atoms with E-state index in [1.54, 1.807) is 0 Å². The second kappa shape index (κ2) is 4.82. The summed E-state index contributed by atoms with van der Waals surface area (Å²) in [7, 11) is 0. The highest BCUT2D eigenvalue weighted by Gasteiger charge is 2.20. The van der Waals surface area contributed by atoms with E-state index >= 15 is 0 Å². The molecule has 2 rings (SSSR count). The minimum atomic E-state index is 0.363. The molecule has 92 valence electrons. The number of ketones is 1. The van der Waals surface area contributed by atoms with E-state index in [4.69, 9.17) is 0 Å². The zero-order valence-corrected chi connectivity index (χ0v) is 10.8. The van der Waals surface area contributed by atoms with Gasteiger partial charge < -0.3 is 4.90 Å². The molecule has 1 aliphatic heterocycles. The number of hydrogen-bond acceptors (Lipinski definition) is 4. The number of hydrogen-bond donors (Lipinski definition) is 0. The summed E-state index contributed by atoms with van der Waals surface area (Å²) < 4.78 is 0. The molecule has 1 fully saturated rings. The fourth-order valence-corrected chi connectivity index (χ4v) is 2.36. The molecule has 0 radical (unpaired) electrons. The molecular formula is C13H19N3O. The van der Waals surface area contributed by atoms with Crippen LogP contribution in [0.25, 0.3) is 0 Å². The number of aryl methyl sites for hydroxylation is 2. The molecule has 1 aliphatic rings. The van der Waals surface area contributed by atoms with Crippen LogP contribution in [0.2, 0.25) is 0 Å². The number of anilines is 1. The maximum absolute atomic E-state index is 11.3. The standard InChI is InChI=1S/C13H19N3O/c1-4-12-9(2)14-10(3)15-13(12)16-7-5-11(17)6-8-16/h4-8H2,1-3H3. The van der Waals surface area contributed by atoms with Crippen LogP contribution < -0.4 is 4.90 Å². The van der Waals surface area contributed by atoms with Crippen LogP contribution in [0.15, 0.2) is 0 Å². The summed E-state index contributed by atoms with van der Waals surface area (Å²) in [5.41, 5.74) is 2.27. The third-order valence-corrected chi connectivity index (χ3v) is 3.28. The Hall–Kier alpha value is -1.45. The largest absolute Gasteiger partial charge is 0.355 e. The first-order valence-corrected chi connectivity index (χ1v) is 6.22. The molecule has 0 saturated carbocycles. The van der Waals surface area contributed by atoms with Gasteiger partial charge in [-0.3, -0.25) is 4.79 Å². The molecule has 2 heterocycles. The zero-order chi connectivity index (χ0) is 12.4. The number of Topliss-reactive ketones (excluding diaryl/α,β-unsaturated/α-hetero) is 1. The minimum Gasteiger partial charge on any atom is -0.355 e. The maximum atomic E-state index is 11.3. The molecule has 0 spiro atoms. The first-order chi connectivity index (χ1) is 8.11. The molecule has 0 amide bonds. The van der Waals surface area contributed by atoms with E-state index in [2.05, 4.69) is 21.8 Å². The Morgan fingerprint density at radius 1 is 1.18 bits per heavy atom. The van der Waals surface area contributed by atoms with E-state index in [-0.39, 0.29) is 0 Å². The van der Waals surface area contributed by atoms with Crippen molar-refractivity contribution in [3.63, 3.8) is 0 Å². The van der Waals surface area contributed by atoms with Gasteiger partial charge >= 0.3 is 0 Å². The lowest BCUT2D eigenvalue weighted by atomic mass is 10.1. The lowest BCUT2D eigenvalue weighted by molar-refractivity contribution is -0.119. The Kier molecular flexibility index (Phi) is 3.41. The van der Waals surface area contributed by atoms with E-state index in [0.29, 0.717) is 18.6 Å². The van der Waals surface area contributed by atoms with Crippen molar-refractivity contribution >= 4 is 11.6 Å². The first-order valence-electron chi connectivity index (χ1n) is 6.22. The van der Waals surface area contributed by atoms with Crippen molar-refractivity contribution in [2.75, 3.05) is 18.0 Å². The van der Waals surface area contributed by atoms with Crippen molar-refractivity contribution in [2.45, 2.75) is 40.0 Å². The number of aromatic nitrogens is 2. The van der Waals surface area contributed by atoms with Gasteiger partial charge in [0.25, 0.3) is 0 Å². The fourth-order valence-electron chi connectivity index (χ4n) is 2.36. The van der Waals surface area contributed by atoms with Gasteiger partial charge in [-0.15, -0.1) is 0 Å². The van der Waals surface area contributed by atoms with Crippen molar-refractivity contribution in [2.24, 2.45) is 0 Å². The third kappa shape index (κ3) is 2.46. The molecule has 4 heteroatoms. The summed E-state index contributed by atoms with van der Waals surface area (Å²) in [4.78, 5) is 22.5. The van der Waals surface area contributed by atoms with Crippen LogP contribution >= 0.6 is 0 Å². The van der Waals surface area contributed by atoms with Crippen LogP contribution in [0.5, 0.6) is 0 Å². The van der Waals surface area contributed by atoms with Gasteiger partial charge in [-0.25, -0.2) is 9.97 Å². The Bertz CT molecular complexity index is 433. The van der Waals surface area contributed by atoms with Crippen molar-refractivity contribution < 1.29 is 4.79 Å². The molecule has 0 aromatic carbocycles. The van der Waals surface area contributed by atoms with Crippen molar-refractivity contribution in [3.05, 3.63) is 17.1 Å². The number of rotatable bonds is 2. The monoisotopic (exact) mass is 233 g/mol. The molecule has 1 aromatic rings. The lowest BCUT2D eigenvalue weighted by Crippen LogP contribution is -2.35. The third-order valence-electron chi connectivity index (χ3n) is 3.28. The van der Waals surface area contributed by atoms with E-state index < -0.39 is 0 Å². The van der Waals surface area contributed by atoms with Crippen LogP contribution in [-0.2, 0) is 11.2 Å². The summed E-state index contributed by atoms with van der Waals surface area (Å²) in [6.07, 6.45) is 2.22. The molecule has 4 nitrogen and oxygen atoms in total. The molecule has 17 heavy (non-hydrogen) atoms. The summed E-state index contributed by atoms with van der Waals surface area (Å²) in [5, 5.41) is 0. The zero-order valence-electron chi connectivity index (χ0n) is 10.8. The average molecular weight is 233 g/mol. The molecule has 1 aromatic heterocycles. The second-order valence-electron chi connectivity index (χ2n) is 4.54. The van der Waals surface area contributed by atoms with Crippen LogP contribution in [0.4, 0.5) is 5.82 Å². The van der Waals surface area contributed by atoms with Crippen molar-refractivity contribution in [1.82, 2.24) is 9.97 Å². The lowest BCUT2D eigenvalue weighted by Gasteiger charge is -2.29. The SMILES string of the molecule is CCc1c(C)nc(C)nc1N1CCC(=O)CC1. The Morgan fingerprint density at radius 3 is 2.41 bits per heavy atom. The smallest absolute Gasteiger partial charge is 0.136 e. The van der Waals surface area contributed by atoms with Crippen LogP contribution in [0.1, 0.15) is 36.8 Å². The van der Waals surface area contributed by atoms with Gasteiger partial charge in [0.1, 0.15) is 17.4 Å². The number of nitrogens with zero attached hydrogens (tertiary/aromatic N) is 3. The quantitative estimate of drug-likeness (QED) is 0.781. The van der Waals surface area contributed by atoms with Crippen LogP contribution in [0.3, 0.4) is 0 Å². The predicted molar refractivity (Wildman–Crippen MR) is 67.3 cm³/mol. The van der Waals surface area contributed by atoms with E-state index in [1.807, 2.05) is 13.8 Å². The number of carbonyl (C=O) groups is 1. The highest BCUT2D eigenvalue weighted by molar-refractivity contribution is 5.81. The van der Waals surface area contributed by atoms with Gasteiger partial charge in [-0.1, -0.05) is 6.92 Å². The van der Waals surface area contributed by atoms with Gasteiger partial charge in [-0.05, 0) is 20.3 Å². The maximum Gasteiger partial charge on any atom is 0.136 e. The highest BCUT2D eigenvalue weighted by Crippen LogP contribution is 2.23. The molecule has 0 unspecified atom stereocenters. The molecule has 0 N–H and O–H groups in total. The average Bonchev–Trinajstić information content (AvgIpc) is 2.29. The Balaban J connectivity index is 2.33.